The summed E-state index contributed by atoms with van der Waals surface area (Å²) >= 11 is 0. The lowest BCUT2D eigenvalue weighted by Crippen LogP contribution is -2.11. The second kappa shape index (κ2) is 7.91. The fraction of sp³-hybridized carbons (Fsp3) is 0.250. The monoisotopic (exact) mass is 375 g/mol. The van der Waals surface area contributed by atoms with Crippen LogP contribution in [0.4, 0.5) is 17.6 Å². The van der Waals surface area contributed by atoms with Crippen LogP contribution in [0.25, 0.3) is 5.82 Å². The molecule has 0 saturated carbocycles. The predicted octanol–water partition coefficient (Wildman–Crippen LogP) is 2.12. The number of hydrogen-bond acceptors (Lipinski definition) is 8. The number of rotatable bonds is 4. The Morgan fingerprint density at radius 1 is 1.08 bits per heavy atom. The van der Waals surface area contributed by atoms with E-state index in [2.05, 4.69) is 25.4 Å². The maximum absolute atomic E-state index is 11.7. The molecule has 3 aromatic rings. The Labute approximate surface area is 152 Å². The Bertz CT molecular complexity index is 985. The molecule has 138 valence electrons. The van der Waals surface area contributed by atoms with E-state index in [4.69, 9.17) is 5.73 Å². The Kier molecular flexibility index (Phi) is 5.88. The van der Waals surface area contributed by atoms with Crippen LogP contribution in [0.3, 0.4) is 0 Å². The summed E-state index contributed by atoms with van der Waals surface area (Å²) in [5, 5.41) is 6.95. The van der Waals surface area contributed by atoms with E-state index in [0.29, 0.717) is 5.69 Å². The fourth-order valence-electron chi connectivity index (χ4n) is 2.00. The van der Waals surface area contributed by atoms with Crippen molar-refractivity contribution in [3.63, 3.8) is 0 Å². The van der Waals surface area contributed by atoms with Gasteiger partial charge in [0.2, 0.25) is 26.9 Å². The van der Waals surface area contributed by atoms with E-state index in [1.807, 2.05) is 44.2 Å². The van der Waals surface area contributed by atoms with Crippen LogP contribution in [0.15, 0.2) is 41.6 Å². The van der Waals surface area contributed by atoms with Gasteiger partial charge in [0.05, 0.1) is 0 Å². The van der Waals surface area contributed by atoms with Gasteiger partial charge in [-0.3, -0.25) is 0 Å². The first-order valence-corrected chi connectivity index (χ1v) is 9.83. The molecule has 0 atom stereocenters. The summed E-state index contributed by atoms with van der Waals surface area (Å²) in [5.41, 5.74) is 7.15. The number of nitrogens with one attached hydrogen (secondary N) is 1. The number of para-hydroxylation sites is 1. The summed E-state index contributed by atoms with van der Waals surface area (Å²) in [6.07, 6.45) is 1.04. The van der Waals surface area contributed by atoms with Gasteiger partial charge in [-0.15, -0.1) is 5.10 Å². The second-order valence-corrected chi connectivity index (χ2v) is 7.03. The van der Waals surface area contributed by atoms with Crippen LogP contribution in [0.5, 0.6) is 0 Å². The van der Waals surface area contributed by atoms with Gasteiger partial charge in [0, 0.05) is 23.7 Å². The lowest BCUT2D eigenvalue weighted by Gasteiger charge is -2.05. The molecule has 0 radical (unpaired) electrons. The molecule has 1 aromatic carbocycles. The van der Waals surface area contributed by atoms with Gasteiger partial charge in [-0.25, -0.2) is 13.4 Å². The molecule has 0 aliphatic heterocycles. The molecule has 0 fully saturated rings. The molecule has 0 spiro atoms. The van der Waals surface area contributed by atoms with Crippen LogP contribution in [0, 0.1) is 6.92 Å². The Morgan fingerprint density at radius 2 is 1.73 bits per heavy atom. The molecule has 2 aromatic heterocycles. The van der Waals surface area contributed by atoms with E-state index in [1.54, 1.807) is 13.0 Å². The maximum Gasteiger partial charge on any atom is 0.249 e. The molecule has 3 rings (SSSR count). The predicted molar refractivity (Wildman–Crippen MR) is 100 cm³/mol. The fourth-order valence-corrected chi connectivity index (χ4v) is 2.57. The number of hydrogen-bond donors (Lipinski definition) is 2. The first kappa shape index (κ1) is 19.3. The van der Waals surface area contributed by atoms with E-state index in [0.717, 1.165) is 11.9 Å². The third-order valence-corrected chi connectivity index (χ3v) is 3.88. The highest BCUT2D eigenvalue weighted by Crippen LogP contribution is 2.17. The van der Waals surface area contributed by atoms with Gasteiger partial charge in [0.15, 0.2) is 5.82 Å². The first-order valence-electron chi connectivity index (χ1n) is 7.93. The van der Waals surface area contributed by atoms with E-state index in [1.165, 1.54) is 4.68 Å². The molecule has 26 heavy (non-hydrogen) atoms. The molecule has 2 heterocycles. The molecule has 0 amide bonds. The van der Waals surface area contributed by atoms with Crippen molar-refractivity contribution in [1.29, 1.82) is 0 Å². The lowest BCUT2D eigenvalue weighted by atomic mass is 10.3. The van der Waals surface area contributed by atoms with Crippen LogP contribution in [0.2, 0.25) is 0 Å². The molecule has 0 aliphatic carbocycles. The Hall–Kier alpha value is -3.01. The largest absolute Gasteiger partial charge is 0.368 e. The zero-order valence-electron chi connectivity index (χ0n) is 15.0. The molecule has 10 heteroatoms. The number of benzene rings is 1. The second-order valence-electron chi connectivity index (χ2n) is 5.12. The third kappa shape index (κ3) is 4.54. The normalized spacial score (nSPS) is 10.8. The molecular weight excluding hydrogens is 354 g/mol. The zero-order valence-corrected chi connectivity index (χ0v) is 15.8. The van der Waals surface area contributed by atoms with Gasteiger partial charge in [0.1, 0.15) is 0 Å². The van der Waals surface area contributed by atoms with Crippen LogP contribution in [-0.2, 0) is 9.84 Å². The third-order valence-electron chi connectivity index (χ3n) is 3.03. The van der Waals surface area contributed by atoms with E-state index in [9.17, 15) is 8.42 Å². The average molecular weight is 375 g/mol. The number of aryl methyl sites for hydroxylation is 1. The van der Waals surface area contributed by atoms with Crippen molar-refractivity contribution in [2.45, 2.75) is 25.9 Å². The standard InChI is InChI=1S/C14H15N7O2S.C2H6/c1-9-8-11(18-14(16-9)24(2,22)23)21-12(15)19-13(20-21)17-10-6-4-3-5-7-10;1-2/h3-8H,1-2H3,(H3,15,17,19,20);1-2H3. The van der Waals surface area contributed by atoms with Gasteiger partial charge in [-0.1, -0.05) is 32.0 Å². The highest BCUT2D eigenvalue weighted by Gasteiger charge is 2.16. The molecule has 0 aliphatic rings. The Balaban J connectivity index is 0.00000117. The van der Waals surface area contributed by atoms with Crippen LogP contribution < -0.4 is 11.1 Å². The topological polar surface area (TPSA) is 129 Å². The smallest absolute Gasteiger partial charge is 0.249 e. The van der Waals surface area contributed by atoms with Gasteiger partial charge < -0.3 is 11.1 Å². The highest BCUT2D eigenvalue weighted by atomic mass is 32.2. The molecule has 0 saturated heterocycles. The number of nitrogens with zero attached hydrogens (tertiary/aromatic N) is 5. The number of nitrogens with two attached hydrogens (primary N) is 1. The summed E-state index contributed by atoms with van der Waals surface area (Å²) in [4.78, 5) is 12.0. The van der Waals surface area contributed by atoms with Gasteiger partial charge in [-0.2, -0.15) is 14.6 Å². The Morgan fingerprint density at radius 3 is 2.35 bits per heavy atom. The van der Waals surface area contributed by atoms with Crippen molar-refractivity contribution in [3.8, 4) is 5.82 Å². The van der Waals surface area contributed by atoms with Crippen molar-refractivity contribution in [2.75, 3.05) is 17.3 Å². The van der Waals surface area contributed by atoms with Crippen LogP contribution in [0.1, 0.15) is 19.5 Å². The number of anilines is 3. The lowest BCUT2D eigenvalue weighted by molar-refractivity contribution is 0.591. The van der Waals surface area contributed by atoms with E-state index >= 15 is 0 Å². The van der Waals surface area contributed by atoms with Crippen molar-refractivity contribution < 1.29 is 8.42 Å². The van der Waals surface area contributed by atoms with E-state index < -0.39 is 9.84 Å². The molecule has 0 unspecified atom stereocenters. The van der Waals surface area contributed by atoms with E-state index in [-0.39, 0.29) is 22.9 Å². The minimum atomic E-state index is -3.55. The molecule has 0 bridgehead atoms. The quantitative estimate of drug-likeness (QED) is 0.664. The van der Waals surface area contributed by atoms with Crippen molar-refractivity contribution in [3.05, 3.63) is 42.1 Å². The molecular formula is C16H21N7O2S. The van der Waals surface area contributed by atoms with Crippen LogP contribution in [-0.4, -0.2) is 39.4 Å². The number of nitrogen functional groups attached to an aromatic ring is 1. The van der Waals surface area contributed by atoms with Crippen LogP contribution >= 0.6 is 0 Å². The summed E-state index contributed by atoms with van der Waals surface area (Å²) in [6, 6.07) is 10.9. The molecule has 3 N–H and O–H groups in total. The highest BCUT2D eigenvalue weighted by molar-refractivity contribution is 7.90. The van der Waals surface area contributed by atoms with Crippen molar-refractivity contribution in [1.82, 2.24) is 24.7 Å². The van der Waals surface area contributed by atoms with Gasteiger partial charge in [0.25, 0.3) is 0 Å². The summed E-state index contributed by atoms with van der Waals surface area (Å²) in [5.74, 6) is 0.580. The minimum Gasteiger partial charge on any atom is -0.368 e. The van der Waals surface area contributed by atoms with Gasteiger partial charge >= 0.3 is 0 Å². The zero-order chi connectivity index (χ0) is 19.3. The average Bonchev–Trinajstić information content (AvgIpc) is 2.96. The van der Waals surface area contributed by atoms with Gasteiger partial charge in [-0.05, 0) is 19.1 Å². The summed E-state index contributed by atoms with van der Waals surface area (Å²) in [7, 11) is -3.55. The van der Waals surface area contributed by atoms with Crippen molar-refractivity contribution >= 4 is 27.4 Å². The SMILES string of the molecule is CC.Cc1cc(-n2nc(Nc3ccccc3)nc2N)nc(S(C)(=O)=O)n1. The van der Waals surface area contributed by atoms with Crippen molar-refractivity contribution in [2.24, 2.45) is 0 Å². The minimum absolute atomic E-state index is 0.0750. The summed E-state index contributed by atoms with van der Waals surface area (Å²) in [6.45, 7) is 5.66. The number of aromatic nitrogens is 5. The maximum atomic E-state index is 11.7. The molecule has 9 nitrogen and oxygen atoms in total. The first-order chi connectivity index (χ1) is 12.3. The number of sulfone groups is 1. The summed E-state index contributed by atoms with van der Waals surface area (Å²) < 4.78 is 24.6.